The van der Waals surface area contributed by atoms with Crippen molar-refractivity contribution in [3.63, 3.8) is 0 Å². The van der Waals surface area contributed by atoms with Crippen LogP contribution in [0.3, 0.4) is 0 Å². The summed E-state index contributed by atoms with van der Waals surface area (Å²) in [6.07, 6.45) is 7.96. The number of ketones is 2. The van der Waals surface area contributed by atoms with Gasteiger partial charge in [0.05, 0.1) is 17.8 Å². The fraction of sp³-hybridized carbons (Fsp3) is 0.676. The van der Waals surface area contributed by atoms with Crippen LogP contribution in [0.1, 0.15) is 81.6 Å². The summed E-state index contributed by atoms with van der Waals surface area (Å²) in [7, 11) is 5.21. The van der Waals surface area contributed by atoms with E-state index in [0.29, 0.717) is 24.2 Å². The van der Waals surface area contributed by atoms with Gasteiger partial charge < -0.3 is 41.1 Å². The number of rotatable bonds is 13. The lowest BCUT2D eigenvalue weighted by Gasteiger charge is -2.46. The SMILES string of the molecule is C#CCC.C=CCNC(=O)C(=O)C(C)NC(=O)[C@@H]1CCCN1C(=O)C(NC(=O)N[C@H](CN(C)C1=C(N(C)C)C(=O)C1(C)O)C(C)(C)C)C(C)(C)C. The van der Waals surface area contributed by atoms with Gasteiger partial charge in [-0.3, -0.25) is 24.0 Å². The Balaban J connectivity index is 0.00000308. The quantitative estimate of drug-likeness (QED) is 0.107. The number of carbonyl (C=O) groups excluding carboxylic acids is 6. The molecule has 286 valence electrons. The Labute approximate surface area is 304 Å². The number of amides is 5. The number of nitrogens with one attached hydrogen (secondary N) is 4. The molecule has 14 nitrogen and oxygen atoms in total. The van der Waals surface area contributed by atoms with Crippen LogP contribution in [0.5, 0.6) is 0 Å². The van der Waals surface area contributed by atoms with E-state index in [1.807, 2.05) is 48.5 Å². The fourth-order valence-electron chi connectivity index (χ4n) is 5.75. The summed E-state index contributed by atoms with van der Waals surface area (Å²) in [6.45, 7) is 20.2. The average Bonchev–Trinajstić information content (AvgIpc) is 3.52. The van der Waals surface area contributed by atoms with E-state index in [-0.39, 0.29) is 25.4 Å². The number of nitrogens with zero attached hydrogens (tertiary/aromatic N) is 3. The van der Waals surface area contributed by atoms with Crippen LogP contribution in [-0.4, -0.2) is 126 Å². The fourth-order valence-corrected chi connectivity index (χ4v) is 5.75. The molecule has 1 saturated heterocycles. The number of hydrogen-bond acceptors (Lipinski definition) is 9. The van der Waals surface area contributed by atoms with Crippen LogP contribution < -0.4 is 21.3 Å². The Morgan fingerprint density at radius 1 is 1.08 bits per heavy atom. The highest BCUT2D eigenvalue weighted by atomic mass is 16.3. The van der Waals surface area contributed by atoms with E-state index in [9.17, 15) is 33.9 Å². The molecule has 1 fully saturated rings. The van der Waals surface area contributed by atoms with Crippen molar-refractivity contribution in [2.24, 2.45) is 10.8 Å². The van der Waals surface area contributed by atoms with Gasteiger partial charge in [-0.1, -0.05) is 54.5 Å². The maximum absolute atomic E-state index is 14.0. The summed E-state index contributed by atoms with van der Waals surface area (Å²) in [5, 5.41) is 21.6. The molecule has 51 heavy (non-hydrogen) atoms. The minimum atomic E-state index is -1.65. The van der Waals surface area contributed by atoms with Crippen LogP contribution in [0, 0.1) is 23.2 Å². The first-order valence-electron chi connectivity index (χ1n) is 17.3. The molecule has 1 heterocycles. The van der Waals surface area contributed by atoms with Crippen LogP contribution in [-0.2, 0) is 24.0 Å². The van der Waals surface area contributed by atoms with Gasteiger partial charge in [0.1, 0.15) is 17.8 Å². The largest absolute Gasteiger partial charge is 0.376 e. The lowest BCUT2D eigenvalue weighted by Crippen LogP contribution is -2.62. The monoisotopic (exact) mass is 715 g/mol. The van der Waals surface area contributed by atoms with E-state index >= 15 is 0 Å². The minimum Gasteiger partial charge on any atom is -0.376 e. The number of carbonyl (C=O) groups is 6. The molecular formula is C37H61N7O7. The van der Waals surface area contributed by atoms with E-state index < -0.39 is 70.1 Å². The van der Waals surface area contributed by atoms with Gasteiger partial charge in [-0.2, -0.15) is 0 Å². The number of Topliss-reactive ketones (excluding diaryl/α,β-unsaturated/α-hetero) is 2. The summed E-state index contributed by atoms with van der Waals surface area (Å²) in [5.74, 6) is -0.609. The molecule has 0 aromatic rings. The topological polar surface area (TPSA) is 180 Å². The highest BCUT2D eigenvalue weighted by molar-refractivity contribution is 6.38. The summed E-state index contributed by atoms with van der Waals surface area (Å²) in [5.41, 5.74) is -2.00. The van der Waals surface area contributed by atoms with Crippen LogP contribution in [0.25, 0.3) is 0 Å². The Hall–Kier alpha value is -4.38. The van der Waals surface area contributed by atoms with Crippen LogP contribution in [0.4, 0.5) is 4.79 Å². The van der Waals surface area contributed by atoms with Gasteiger partial charge in [0.2, 0.25) is 23.4 Å². The normalized spacial score (nSPS) is 20.3. The van der Waals surface area contributed by atoms with E-state index in [4.69, 9.17) is 6.42 Å². The van der Waals surface area contributed by atoms with Gasteiger partial charge in [0, 0.05) is 47.2 Å². The van der Waals surface area contributed by atoms with Crippen molar-refractivity contribution in [1.29, 1.82) is 0 Å². The minimum absolute atomic E-state index is 0.108. The number of terminal acetylenes is 1. The van der Waals surface area contributed by atoms with Crippen LogP contribution >= 0.6 is 0 Å². The van der Waals surface area contributed by atoms with E-state index in [1.165, 1.54) is 24.8 Å². The van der Waals surface area contributed by atoms with Gasteiger partial charge in [0.15, 0.2) is 5.60 Å². The Morgan fingerprint density at radius 3 is 2.12 bits per heavy atom. The predicted molar refractivity (Wildman–Crippen MR) is 197 cm³/mol. The predicted octanol–water partition coefficient (Wildman–Crippen LogP) is 1.55. The first-order valence-corrected chi connectivity index (χ1v) is 17.3. The van der Waals surface area contributed by atoms with Crippen LogP contribution in [0.2, 0.25) is 0 Å². The zero-order valence-electron chi connectivity index (χ0n) is 32.7. The van der Waals surface area contributed by atoms with Gasteiger partial charge in [-0.05, 0) is 37.5 Å². The molecule has 0 spiro atoms. The molecule has 0 aromatic carbocycles. The Bertz CT molecular complexity index is 1400. The van der Waals surface area contributed by atoms with Crippen molar-refractivity contribution in [3.05, 3.63) is 24.0 Å². The molecule has 0 radical (unpaired) electrons. The van der Waals surface area contributed by atoms with Gasteiger partial charge >= 0.3 is 6.03 Å². The standard InChI is InChI=1S/C33H55N7O7.C4H6/c1-13-16-34-28(44)23(41)19(2)35-27(43)20-15-14-17-40(20)29(45)24(32(6,7)8)37-30(46)36-21(31(3,4)5)18-39(12)25-22(38(10)11)26(42)33(25,9)47;1-3-4-2/h13,19-21,24,47H,1,14-18H2,2-12H3,(H,34,44)(H,35,43)(H2,36,37,46);1H,4H2,2H3/t19?,20-,21+,24?,33?;/m0./s1. The van der Waals surface area contributed by atoms with Crippen LogP contribution in [0.15, 0.2) is 24.0 Å². The third-order valence-corrected chi connectivity index (χ3v) is 8.79. The maximum atomic E-state index is 14.0. The molecule has 2 aliphatic rings. The molecule has 2 rings (SSSR count). The molecule has 1 aliphatic carbocycles. The zero-order chi connectivity index (χ0) is 39.6. The summed E-state index contributed by atoms with van der Waals surface area (Å²) in [6, 6.07) is -4.05. The number of hydrogen-bond donors (Lipinski definition) is 5. The molecule has 3 unspecified atom stereocenters. The molecule has 0 bridgehead atoms. The molecule has 0 saturated carbocycles. The van der Waals surface area contributed by atoms with Crippen molar-refractivity contribution in [2.45, 2.75) is 111 Å². The zero-order valence-corrected chi connectivity index (χ0v) is 32.7. The van der Waals surface area contributed by atoms with Gasteiger partial charge in [-0.15, -0.1) is 18.9 Å². The second-order valence-corrected chi connectivity index (χ2v) is 15.5. The molecule has 5 atom stereocenters. The van der Waals surface area contributed by atoms with Gasteiger partial charge in [-0.25, -0.2) is 4.79 Å². The van der Waals surface area contributed by atoms with Crippen molar-refractivity contribution < 1.29 is 33.9 Å². The number of likely N-dealkylation sites (tertiary alicyclic amines) is 1. The lowest BCUT2D eigenvalue weighted by molar-refractivity contribution is -0.143. The number of urea groups is 1. The molecule has 0 aromatic heterocycles. The lowest BCUT2D eigenvalue weighted by atomic mass is 9.79. The second kappa shape index (κ2) is 18.2. The molecular weight excluding hydrogens is 654 g/mol. The second-order valence-electron chi connectivity index (χ2n) is 15.5. The number of likely N-dealkylation sites (N-methyl/N-ethyl adjacent to an activating group) is 2. The summed E-state index contributed by atoms with van der Waals surface area (Å²) < 4.78 is 0. The van der Waals surface area contributed by atoms with E-state index in [0.717, 1.165) is 6.42 Å². The first kappa shape index (κ1) is 44.6. The maximum Gasteiger partial charge on any atom is 0.315 e. The summed E-state index contributed by atoms with van der Waals surface area (Å²) in [4.78, 5) is 82.6. The third-order valence-electron chi connectivity index (χ3n) is 8.79. The van der Waals surface area contributed by atoms with Crippen molar-refractivity contribution in [3.8, 4) is 12.3 Å². The number of aliphatic hydroxyl groups is 1. The molecule has 14 heteroatoms. The third kappa shape index (κ3) is 11.6. The smallest absolute Gasteiger partial charge is 0.315 e. The van der Waals surface area contributed by atoms with Gasteiger partial charge in [0.25, 0.3) is 5.91 Å². The molecule has 5 N–H and O–H groups in total. The Kier molecular flexibility index (Phi) is 15.9. The first-order chi connectivity index (χ1) is 23.4. The average molecular weight is 716 g/mol. The molecule has 5 amide bonds. The van der Waals surface area contributed by atoms with E-state index in [1.54, 1.807) is 30.9 Å². The Morgan fingerprint density at radius 2 is 1.65 bits per heavy atom. The van der Waals surface area contributed by atoms with Crippen molar-refractivity contribution >= 4 is 35.3 Å². The summed E-state index contributed by atoms with van der Waals surface area (Å²) >= 11 is 0. The highest BCUT2D eigenvalue weighted by Gasteiger charge is 2.52. The van der Waals surface area contributed by atoms with E-state index in [2.05, 4.69) is 33.8 Å². The molecule has 1 aliphatic heterocycles. The van der Waals surface area contributed by atoms with Crippen molar-refractivity contribution in [1.82, 2.24) is 36.0 Å². The highest BCUT2D eigenvalue weighted by Crippen LogP contribution is 2.38. The van der Waals surface area contributed by atoms with Crippen molar-refractivity contribution in [2.75, 3.05) is 40.8 Å².